The first kappa shape index (κ1) is 14.2. The molecule has 1 amide bonds. The van der Waals surface area contributed by atoms with Gasteiger partial charge in [-0.15, -0.1) is 0 Å². The molecule has 2 N–H and O–H groups in total. The van der Waals surface area contributed by atoms with E-state index in [0.29, 0.717) is 0 Å². The molecular formula is C17H20N2O2S. The highest BCUT2D eigenvalue weighted by molar-refractivity contribution is 7.99. The van der Waals surface area contributed by atoms with Crippen molar-refractivity contribution < 1.29 is 9.53 Å². The van der Waals surface area contributed by atoms with Gasteiger partial charge in [0.25, 0.3) is 5.91 Å². The van der Waals surface area contributed by atoms with Crippen LogP contribution in [0.25, 0.3) is 10.9 Å². The minimum absolute atomic E-state index is 0.00424. The number of hydrogen-bond acceptors (Lipinski definition) is 3. The fourth-order valence-electron chi connectivity index (χ4n) is 3.47. The number of benzene rings is 1. The van der Waals surface area contributed by atoms with E-state index in [1.807, 2.05) is 42.2 Å². The summed E-state index contributed by atoms with van der Waals surface area (Å²) in [6.45, 7) is 0.751. The van der Waals surface area contributed by atoms with Gasteiger partial charge in [0.2, 0.25) is 0 Å². The van der Waals surface area contributed by atoms with Crippen molar-refractivity contribution in [1.29, 1.82) is 0 Å². The van der Waals surface area contributed by atoms with Crippen molar-refractivity contribution in [3.05, 3.63) is 36.0 Å². The average molecular weight is 316 g/mol. The fraction of sp³-hybridized carbons (Fsp3) is 0.471. The van der Waals surface area contributed by atoms with Gasteiger partial charge in [0.05, 0.1) is 5.60 Å². The van der Waals surface area contributed by atoms with Crippen LogP contribution in [0.4, 0.5) is 0 Å². The van der Waals surface area contributed by atoms with Crippen LogP contribution in [0.2, 0.25) is 0 Å². The Hall–Kier alpha value is -1.46. The molecule has 0 aliphatic carbocycles. The summed E-state index contributed by atoms with van der Waals surface area (Å²) in [6, 6.07) is 8.04. The van der Waals surface area contributed by atoms with Crippen LogP contribution in [0.3, 0.4) is 0 Å². The lowest BCUT2D eigenvalue weighted by atomic mass is 9.89. The van der Waals surface area contributed by atoms with Crippen LogP contribution in [-0.4, -0.2) is 40.6 Å². The first-order chi connectivity index (χ1) is 10.7. The van der Waals surface area contributed by atoms with Crippen molar-refractivity contribution in [3.63, 3.8) is 0 Å². The van der Waals surface area contributed by atoms with Crippen LogP contribution in [0.5, 0.6) is 0 Å². The second-order valence-electron chi connectivity index (χ2n) is 6.28. The highest BCUT2D eigenvalue weighted by Gasteiger charge is 2.40. The number of rotatable bonds is 2. The largest absolute Gasteiger partial charge is 0.374 e. The predicted molar refractivity (Wildman–Crippen MR) is 89.4 cm³/mol. The number of thioether (sulfide) groups is 1. The van der Waals surface area contributed by atoms with Gasteiger partial charge in [-0.3, -0.25) is 4.79 Å². The Balaban J connectivity index is 1.46. The van der Waals surface area contributed by atoms with Crippen LogP contribution in [0, 0.1) is 0 Å². The second-order valence-corrected chi connectivity index (χ2v) is 7.38. The van der Waals surface area contributed by atoms with Crippen LogP contribution in [0.1, 0.15) is 29.6 Å². The third-order valence-electron chi connectivity index (χ3n) is 4.71. The molecule has 4 rings (SSSR count). The van der Waals surface area contributed by atoms with Crippen LogP contribution in [-0.2, 0) is 4.74 Å². The number of aromatic amines is 1. The monoisotopic (exact) mass is 316 g/mol. The molecule has 2 aromatic rings. The van der Waals surface area contributed by atoms with Crippen LogP contribution >= 0.6 is 11.8 Å². The number of carbonyl (C=O) groups is 1. The Morgan fingerprint density at radius 2 is 2.36 bits per heavy atom. The summed E-state index contributed by atoms with van der Waals surface area (Å²) in [5.74, 6) is 2.25. The van der Waals surface area contributed by atoms with Crippen LogP contribution in [0.15, 0.2) is 30.5 Å². The van der Waals surface area contributed by atoms with Crippen LogP contribution < -0.4 is 5.32 Å². The van der Waals surface area contributed by atoms with Gasteiger partial charge in [-0.25, -0.2) is 0 Å². The van der Waals surface area contributed by atoms with E-state index in [9.17, 15) is 4.79 Å². The zero-order valence-corrected chi connectivity index (χ0v) is 13.2. The standard InChI is InChI=1S/C17H20N2O2S/c20-16(13-2-1-12-3-6-18-15(12)9-13)19-14-4-7-21-17(10-14)5-8-22-11-17/h1-3,6,9,14,18H,4-5,7-8,10-11H2,(H,19,20)/t14-,17-/m0/s1. The molecule has 2 atom stereocenters. The number of nitrogens with one attached hydrogen (secondary N) is 2. The normalized spacial score (nSPS) is 28.3. The van der Waals surface area contributed by atoms with Crippen molar-refractivity contribution in [3.8, 4) is 0 Å². The van der Waals surface area contributed by atoms with Gasteiger partial charge in [-0.05, 0) is 48.6 Å². The first-order valence-electron chi connectivity index (χ1n) is 7.84. The van der Waals surface area contributed by atoms with Crippen molar-refractivity contribution in [2.24, 2.45) is 0 Å². The molecule has 116 valence electrons. The van der Waals surface area contributed by atoms with Gasteiger partial charge in [0.1, 0.15) is 0 Å². The number of amides is 1. The zero-order valence-electron chi connectivity index (χ0n) is 12.4. The van der Waals surface area contributed by atoms with E-state index >= 15 is 0 Å². The molecule has 2 aliphatic rings. The molecule has 2 aliphatic heterocycles. The van der Waals surface area contributed by atoms with E-state index < -0.39 is 0 Å². The molecule has 1 spiro atoms. The minimum atomic E-state index is 0.00424. The minimum Gasteiger partial charge on any atom is -0.374 e. The van der Waals surface area contributed by atoms with E-state index in [1.165, 1.54) is 5.75 Å². The topological polar surface area (TPSA) is 54.1 Å². The number of fused-ring (bicyclic) bond motifs is 1. The smallest absolute Gasteiger partial charge is 0.251 e. The van der Waals surface area contributed by atoms with Gasteiger partial charge < -0.3 is 15.0 Å². The lowest BCUT2D eigenvalue weighted by Gasteiger charge is -2.38. The number of aromatic nitrogens is 1. The lowest BCUT2D eigenvalue weighted by Crippen LogP contribution is -2.48. The highest BCUT2D eigenvalue weighted by atomic mass is 32.2. The Labute approximate surface area is 134 Å². The summed E-state index contributed by atoms with van der Waals surface area (Å²) in [5.41, 5.74) is 1.73. The predicted octanol–water partition coefficient (Wildman–Crippen LogP) is 2.95. The van der Waals surface area contributed by atoms with Crippen molar-refractivity contribution in [1.82, 2.24) is 10.3 Å². The average Bonchev–Trinajstić information content (AvgIpc) is 3.16. The maximum absolute atomic E-state index is 12.5. The van der Waals surface area contributed by atoms with Gasteiger partial charge in [-0.1, -0.05) is 6.07 Å². The molecule has 1 aromatic heterocycles. The Bertz CT molecular complexity index is 691. The summed E-state index contributed by atoms with van der Waals surface area (Å²) >= 11 is 1.96. The summed E-state index contributed by atoms with van der Waals surface area (Å²) in [5, 5.41) is 4.33. The lowest BCUT2D eigenvalue weighted by molar-refractivity contribution is -0.0688. The fourth-order valence-corrected chi connectivity index (χ4v) is 4.85. The van der Waals surface area contributed by atoms with Gasteiger partial charge in [-0.2, -0.15) is 11.8 Å². The third kappa shape index (κ3) is 2.63. The maximum atomic E-state index is 12.5. The van der Waals surface area contributed by atoms with Gasteiger partial charge in [0, 0.05) is 35.7 Å². The molecule has 22 heavy (non-hydrogen) atoms. The molecule has 2 fully saturated rings. The quantitative estimate of drug-likeness (QED) is 0.895. The first-order valence-corrected chi connectivity index (χ1v) is 8.99. The highest BCUT2D eigenvalue weighted by Crippen LogP contribution is 2.38. The van der Waals surface area contributed by atoms with E-state index in [1.54, 1.807) is 0 Å². The SMILES string of the molecule is O=C(N[C@H]1CCO[C@@]2(CCSC2)C1)c1ccc2cc[nH]c2c1. The van der Waals surface area contributed by atoms with Crippen molar-refractivity contribution in [2.75, 3.05) is 18.1 Å². The van der Waals surface area contributed by atoms with Gasteiger partial charge >= 0.3 is 0 Å². The molecule has 3 heterocycles. The van der Waals surface area contributed by atoms with E-state index in [0.717, 1.165) is 48.1 Å². The summed E-state index contributed by atoms with van der Waals surface area (Å²) in [7, 11) is 0. The number of carbonyl (C=O) groups excluding carboxylic acids is 1. The molecule has 2 saturated heterocycles. The molecule has 0 unspecified atom stereocenters. The second kappa shape index (κ2) is 5.63. The molecule has 0 bridgehead atoms. The Kier molecular flexibility index (Phi) is 3.62. The molecule has 0 saturated carbocycles. The molecule has 5 heteroatoms. The number of hydrogen-bond donors (Lipinski definition) is 2. The van der Waals surface area contributed by atoms with Crippen molar-refractivity contribution in [2.45, 2.75) is 30.9 Å². The molecule has 1 aromatic carbocycles. The van der Waals surface area contributed by atoms with E-state index in [-0.39, 0.29) is 17.6 Å². The summed E-state index contributed by atoms with van der Waals surface area (Å²) in [4.78, 5) is 15.7. The summed E-state index contributed by atoms with van der Waals surface area (Å²) < 4.78 is 6.01. The third-order valence-corrected chi connectivity index (χ3v) is 5.94. The van der Waals surface area contributed by atoms with Crippen molar-refractivity contribution >= 4 is 28.6 Å². The van der Waals surface area contributed by atoms with E-state index in [2.05, 4.69) is 10.3 Å². The number of H-pyrrole nitrogens is 1. The van der Waals surface area contributed by atoms with Gasteiger partial charge in [0.15, 0.2) is 0 Å². The Morgan fingerprint density at radius 3 is 3.23 bits per heavy atom. The Morgan fingerprint density at radius 1 is 1.41 bits per heavy atom. The van der Waals surface area contributed by atoms with E-state index in [4.69, 9.17) is 4.74 Å². The molecule has 0 radical (unpaired) electrons. The zero-order chi connectivity index (χ0) is 15.0. The molecular weight excluding hydrogens is 296 g/mol. The maximum Gasteiger partial charge on any atom is 0.251 e. The number of ether oxygens (including phenoxy) is 1. The molecule has 4 nitrogen and oxygen atoms in total. The summed E-state index contributed by atoms with van der Waals surface area (Å²) in [6.07, 6.45) is 4.85.